The number of nitrogens with one attached hydrogen (secondary N) is 2. The van der Waals surface area contributed by atoms with Crippen LogP contribution in [0, 0.1) is 18.3 Å². The quantitative estimate of drug-likeness (QED) is 0.416. The Morgan fingerprint density at radius 3 is 2.49 bits per heavy atom. The second-order valence-electron chi connectivity index (χ2n) is 10.5. The number of nitriles is 1. The molecule has 2 aliphatic heterocycles. The lowest BCUT2D eigenvalue weighted by molar-refractivity contribution is -0.144. The summed E-state index contributed by atoms with van der Waals surface area (Å²) in [6.07, 6.45) is 1.75. The monoisotopic (exact) mass is 578 g/mol. The molecule has 4 amide bonds. The zero-order valence-electron chi connectivity index (χ0n) is 23.1. The van der Waals surface area contributed by atoms with Gasteiger partial charge in [-0.25, -0.2) is 0 Å². The van der Waals surface area contributed by atoms with Gasteiger partial charge in [-0.3, -0.25) is 19.2 Å². The molecular weight excluding hydrogens is 544 g/mol. The van der Waals surface area contributed by atoms with Gasteiger partial charge in [-0.05, 0) is 67.6 Å². The Morgan fingerprint density at radius 2 is 1.80 bits per heavy atom. The van der Waals surface area contributed by atoms with E-state index < -0.39 is 29.9 Å². The third-order valence-electron chi connectivity index (χ3n) is 7.66. The molecule has 4 rings (SSSR count). The molecule has 0 radical (unpaired) electrons. The first-order valence-electron chi connectivity index (χ1n) is 13.8. The van der Waals surface area contributed by atoms with E-state index in [1.807, 2.05) is 31.2 Å². The molecule has 0 aliphatic carbocycles. The Kier molecular flexibility index (Phi) is 9.97. The number of anilines is 1. The molecule has 2 heterocycles. The molecule has 216 valence electrons. The van der Waals surface area contributed by atoms with Crippen LogP contribution in [0.15, 0.2) is 42.5 Å². The van der Waals surface area contributed by atoms with Crippen molar-refractivity contribution in [1.29, 1.82) is 5.26 Å². The second-order valence-corrected chi connectivity index (χ2v) is 10.9. The highest BCUT2D eigenvalue weighted by atomic mass is 35.5. The Bertz CT molecular complexity index is 1360. The summed E-state index contributed by atoms with van der Waals surface area (Å²) < 4.78 is 0. The number of carbonyl (C=O) groups is 4. The van der Waals surface area contributed by atoms with Gasteiger partial charge in [0.15, 0.2) is 0 Å². The van der Waals surface area contributed by atoms with Crippen LogP contribution >= 0.6 is 11.6 Å². The molecule has 10 nitrogen and oxygen atoms in total. The highest BCUT2D eigenvalue weighted by Crippen LogP contribution is 2.26. The van der Waals surface area contributed by atoms with E-state index in [1.54, 1.807) is 18.2 Å². The van der Waals surface area contributed by atoms with Crippen LogP contribution in [0.1, 0.15) is 48.8 Å². The van der Waals surface area contributed by atoms with Gasteiger partial charge in [0.1, 0.15) is 18.1 Å². The van der Waals surface area contributed by atoms with E-state index in [9.17, 15) is 24.4 Å². The molecule has 0 saturated carbocycles. The number of aryl methyl sites for hydroxylation is 1. The number of rotatable bonds is 9. The Labute approximate surface area is 244 Å². The largest absolute Gasteiger partial charge is 0.342 e. The topological polar surface area (TPSA) is 149 Å². The lowest BCUT2D eigenvalue weighted by atomic mass is 9.92. The van der Waals surface area contributed by atoms with Crippen molar-refractivity contribution >= 4 is 40.9 Å². The van der Waals surface area contributed by atoms with E-state index in [0.717, 1.165) is 23.1 Å². The molecule has 0 bridgehead atoms. The van der Waals surface area contributed by atoms with Crippen molar-refractivity contribution in [1.82, 2.24) is 15.1 Å². The Hall–Kier alpha value is -3.94. The summed E-state index contributed by atoms with van der Waals surface area (Å²) in [5.41, 5.74) is 8.97. The molecule has 1 fully saturated rings. The number of amides is 4. The minimum atomic E-state index is -0.919. The predicted octanol–water partition coefficient (Wildman–Crippen LogP) is 2.67. The molecule has 2 aromatic rings. The Balaban J connectivity index is 1.47. The molecule has 4 N–H and O–H groups in total. The molecule has 41 heavy (non-hydrogen) atoms. The van der Waals surface area contributed by atoms with Crippen molar-refractivity contribution in [2.45, 2.75) is 70.1 Å². The van der Waals surface area contributed by atoms with Crippen LogP contribution in [0.25, 0.3) is 0 Å². The van der Waals surface area contributed by atoms with Crippen molar-refractivity contribution in [2.75, 3.05) is 18.4 Å². The number of nitrogens with two attached hydrogens (primary N) is 1. The molecule has 0 aromatic heterocycles. The maximum absolute atomic E-state index is 13.6. The van der Waals surface area contributed by atoms with Crippen LogP contribution in [0.3, 0.4) is 0 Å². The summed E-state index contributed by atoms with van der Waals surface area (Å²) in [6, 6.07) is 12.6. The normalized spacial score (nSPS) is 18.7. The van der Waals surface area contributed by atoms with E-state index in [4.69, 9.17) is 17.3 Å². The highest BCUT2D eigenvalue weighted by molar-refractivity contribution is 6.31. The minimum Gasteiger partial charge on any atom is -0.342 e. The van der Waals surface area contributed by atoms with E-state index >= 15 is 0 Å². The number of benzene rings is 2. The number of hydrogen-bond donors (Lipinski definition) is 3. The van der Waals surface area contributed by atoms with Gasteiger partial charge in [-0.15, -0.1) is 0 Å². The lowest BCUT2D eigenvalue weighted by Gasteiger charge is -2.37. The summed E-state index contributed by atoms with van der Waals surface area (Å²) in [6.45, 7) is 2.71. The number of nitrogens with zero attached hydrogens (tertiary/aromatic N) is 3. The lowest BCUT2D eigenvalue weighted by Crippen LogP contribution is -2.56. The van der Waals surface area contributed by atoms with Crippen LogP contribution in [-0.4, -0.2) is 64.6 Å². The number of halogens is 1. The van der Waals surface area contributed by atoms with Gasteiger partial charge in [0.2, 0.25) is 23.6 Å². The average Bonchev–Trinajstić information content (AvgIpc) is 3.46. The zero-order chi connectivity index (χ0) is 29.5. The molecule has 1 unspecified atom stereocenters. The first-order valence-corrected chi connectivity index (χ1v) is 14.2. The molecule has 3 atom stereocenters. The number of likely N-dealkylation sites (tertiary alicyclic amines) is 1. The van der Waals surface area contributed by atoms with Crippen molar-refractivity contribution in [3.63, 3.8) is 0 Å². The van der Waals surface area contributed by atoms with Crippen molar-refractivity contribution < 1.29 is 19.2 Å². The highest BCUT2D eigenvalue weighted by Gasteiger charge is 2.37. The molecule has 11 heteroatoms. The van der Waals surface area contributed by atoms with E-state index in [0.29, 0.717) is 23.7 Å². The molecule has 2 aromatic carbocycles. The van der Waals surface area contributed by atoms with E-state index in [1.165, 1.54) is 9.80 Å². The van der Waals surface area contributed by atoms with Crippen LogP contribution in [0.5, 0.6) is 0 Å². The van der Waals surface area contributed by atoms with Gasteiger partial charge >= 0.3 is 0 Å². The molecule has 1 saturated heterocycles. The SMILES string of the molecule is Cc1cc(NC(=O)[C@H](CCN)NC(=O)[C@@H]2Cc3ccccc3CN2C(=O)CCC(=O)N2CCCC2C#N)ccc1Cl. The first-order chi connectivity index (χ1) is 19.7. The fraction of sp³-hybridized carbons (Fsp3) is 0.433. The fourth-order valence-electron chi connectivity index (χ4n) is 5.38. The molecule has 2 aliphatic rings. The van der Waals surface area contributed by atoms with Crippen molar-refractivity contribution in [2.24, 2.45) is 5.73 Å². The van der Waals surface area contributed by atoms with Crippen molar-refractivity contribution in [3.8, 4) is 6.07 Å². The summed E-state index contributed by atoms with van der Waals surface area (Å²) >= 11 is 6.09. The van der Waals surface area contributed by atoms with Gasteiger partial charge in [0.05, 0.1) is 6.07 Å². The van der Waals surface area contributed by atoms with Crippen molar-refractivity contribution in [3.05, 3.63) is 64.2 Å². The minimum absolute atomic E-state index is 0.0395. The first kappa shape index (κ1) is 30.0. The summed E-state index contributed by atoms with van der Waals surface area (Å²) in [7, 11) is 0. The third kappa shape index (κ3) is 7.23. The third-order valence-corrected chi connectivity index (χ3v) is 8.08. The van der Waals surface area contributed by atoms with Crippen LogP contribution in [0.2, 0.25) is 5.02 Å². The maximum Gasteiger partial charge on any atom is 0.246 e. The summed E-state index contributed by atoms with van der Waals surface area (Å²) in [5, 5.41) is 15.5. The predicted molar refractivity (Wildman–Crippen MR) is 154 cm³/mol. The van der Waals surface area contributed by atoms with Crippen LogP contribution < -0.4 is 16.4 Å². The number of carbonyl (C=O) groups excluding carboxylic acids is 4. The fourth-order valence-corrected chi connectivity index (χ4v) is 5.49. The molecule has 0 spiro atoms. The smallest absolute Gasteiger partial charge is 0.246 e. The zero-order valence-corrected chi connectivity index (χ0v) is 23.8. The number of hydrogen-bond acceptors (Lipinski definition) is 6. The average molecular weight is 579 g/mol. The van der Waals surface area contributed by atoms with Gasteiger partial charge in [-0.2, -0.15) is 5.26 Å². The maximum atomic E-state index is 13.6. The van der Waals surface area contributed by atoms with Gasteiger partial charge in [0.25, 0.3) is 0 Å². The van der Waals surface area contributed by atoms with Crippen LogP contribution in [0.4, 0.5) is 5.69 Å². The molecular formula is C30H35ClN6O4. The van der Waals surface area contributed by atoms with Gasteiger partial charge < -0.3 is 26.2 Å². The summed E-state index contributed by atoms with van der Waals surface area (Å²) in [5.74, 6) is -1.47. The van der Waals surface area contributed by atoms with Gasteiger partial charge in [0, 0.05) is 43.1 Å². The standard InChI is InChI=1S/C30H35ClN6O4/c1-19-15-22(8-9-24(19)31)34-29(40)25(12-13-32)35-30(41)26-16-20-5-2-3-6-21(20)18-37(26)28(39)11-10-27(38)36-14-4-7-23(36)17-33/h2-3,5-6,8-9,15,23,25-26H,4,7,10-14,16,18,32H2,1H3,(H,34,40)(H,35,41)/t23?,25-,26-/m0/s1. The van der Waals surface area contributed by atoms with E-state index in [-0.39, 0.29) is 50.6 Å². The number of fused-ring (bicyclic) bond motifs is 1. The second kappa shape index (κ2) is 13.6. The Morgan fingerprint density at radius 1 is 1.10 bits per heavy atom. The summed E-state index contributed by atoms with van der Waals surface area (Å²) in [4.78, 5) is 56.0. The van der Waals surface area contributed by atoms with Gasteiger partial charge in [-0.1, -0.05) is 35.9 Å². The van der Waals surface area contributed by atoms with E-state index in [2.05, 4.69) is 16.7 Å². The van der Waals surface area contributed by atoms with Crippen LogP contribution in [-0.2, 0) is 32.1 Å².